The summed E-state index contributed by atoms with van der Waals surface area (Å²) < 4.78 is 11.9. The first-order valence-corrected chi connectivity index (χ1v) is 9.07. The molecule has 0 fully saturated rings. The van der Waals surface area contributed by atoms with Crippen molar-refractivity contribution in [1.82, 2.24) is 5.32 Å². The predicted molar refractivity (Wildman–Crippen MR) is 103 cm³/mol. The number of carbonyl (C=O) groups excluding carboxylic acids is 1. The van der Waals surface area contributed by atoms with Crippen LogP contribution in [0.3, 0.4) is 0 Å². The molecule has 26 heavy (non-hydrogen) atoms. The van der Waals surface area contributed by atoms with Crippen LogP contribution in [0.5, 0.6) is 11.5 Å². The average Bonchev–Trinajstić information content (AvgIpc) is 2.54. The molecule has 4 nitrogen and oxygen atoms in total. The lowest BCUT2D eigenvalue weighted by molar-refractivity contribution is -0.128. The van der Waals surface area contributed by atoms with Gasteiger partial charge in [0.05, 0.1) is 6.04 Å². The molecule has 0 saturated heterocycles. The Labute approximate surface area is 155 Å². The van der Waals surface area contributed by atoms with Gasteiger partial charge < -0.3 is 14.8 Å². The van der Waals surface area contributed by atoms with Crippen LogP contribution in [-0.4, -0.2) is 17.6 Å². The number of aryl methyl sites for hydroxylation is 2. The molecule has 0 unspecified atom stereocenters. The fourth-order valence-corrected chi connectivity index (χ4v) is 3.34. The Kier molecular flexibility index (Phi) is 4.94. The Morgan fingerprint density at radius 2 is 1.92 bits per heavy atom. The highest BCUT2D eigenvalue weighted by molar-refractivity contribution is 5.81. The van der Waals surface area contributed by atoms with Crippen molar-refractivity contribution in [2.45, 2.75) is 58.8 Å². The molecule has 1 aliphatic rings. The maximum atomic E-state index is 12.7. The van der Waals surface area contributed by atoms with Crippen LogP contribution in [0, 0.1) is 13.8 Å². The second-order valence-corrected chi connectivity index (χ2v) is 7.74. The van der Waals surface area contributed by atoms with Crippen LogP contribution >= 0.6 is 0 Å². The quantitative estimate of drug-likeness (QED) is 0.881. The van der Waals surface area contributed by atoms with Crippen molar-refractivity contribution in [3.63, 3.8) is 0 Å². The fraction of sp³-hybridized carbons (Fsp3) is 0.409. The van der Waals surface area contributed by atoms with E-state index in [1.54, 1.807) is 6.92 Å². The summed E-state index contributed by atoms with van der Waals surface area (Å²) in [7, 11) is 0. The first kappa shape index (κ1) is 18.3. The molecule has 0 saturated carbocycles. The van der Waals surface area contributed by atoms with Crippen LogP contribution in [0.4, 0.5) is 0 Å². The van der Waals surface area contributed by atoms with Gasteiger partial charge in [-0.25, -0.2) is 0 Å². The Bertz CT molecular complexity index is 813. The number of rotatable bonds is 4. The lowest BCUT2D eigenvalue weighted by Crippen LogP contribution is -2.44. The molecule has 2 aromatic rings. The summed E-state index contributed by atoms with van der Waals surface area (Å²) >= 11 is 0. The summed E-state index contributed by atoms with van der Waals surface area (Å²) in [6.07, 6.45) is 0.142. The van der Waals surface area contributed by atoms with E-state index in [0.29, 0.717) is 12.2 Å². The van der Waals surface area contributed by atoms with Gasteiger partial charge in [0.2, 0.25) is 0 Å². The van der Waals surface area contributed by atoms with Gasteiger partial charge in [-0.05, 0) is 58.4 Å². The Hall–Kier alpha value is -2.49. The molecule has 4 heteroatoms. The monoisotopic (exact) mass is 353 g/mol. The normalized spacial score (nSPS) is 19.0. The highest BCUT2D eigenvalue weighted by atomic mass is 16.5. The maximum Gasteiger partial charge on any atom is 0.261 e. The number of carbonyl (C=O) groups is 1. The van der Waals surface area contributed by atoms with Crippen molar-refractivity contribution in [2.24, 2.45) is 0 Å². The highest BCUT2D eigenvalue weighted by Gasteiger charge is 2.35. The third kappa shape index (κ3) is 4.18. The minimum atomic E-state index is -0.573. The largest absolute Gasteiger partial charge is 0.487 e. The fourth-order valence-electron chi connectivity index (χ4n) is 3.34. The molecular formula is C22H27NO3. The van der Waals surface area contributed by atoms with Crippen LogP contribution < -0.4 is 14.8 Å². The molecule has 1 amide bonds. The van der Waals surface area contributed by atoms with Crippen molar-refractivity contribution in [2.75, 3.05) is 0 Å². The van der Waals surface area contributed by atoms with Crippen LogP contribution in [0.15, 0.2) is 42.5 Å². The Morgan fingerprint density at radius 1 is 1.19 bits per heavy atom. The SMILES string of the molecule is Cc1cccc(O[C@@H](C)C(=O)N[C@H]2CC(C)(C)Oc3ccc(C)cc32)c1. The highest BCUT2D eigenvalue weighted by Crippen LogP contribution is 2.39. The number of ether oxygens (including phenoxy) is 2. The first-order valence-electron chi connectivity index (χ1n) is 9.07. The second-order valence-electron chi connectivity index (χ2n) is 7.74. The van der Waals surface area contributed by atoms with Crippen molar-refractivity contribution >= 4 is 5.91 Å². The van der Waals surface area contributed by atoms with Gasteiger partial charge in [0, 0.05) is 12.0 Å². The number of amides is 1. The van der Waals surface area contributed by atoms with Gasteiger partial charge in [0.1, 0.15) is 17.1 Å². The van der Waals surface area contributed by atoms with E-state index in [-0.39, 0.29) is 17.6 Å². The number of nitrogens with one attached hydrogen (secondary N) is 1. The molecule has 2 atom stereocenters. The third-order valence-corrected chi connectivity index (χ3v) is 4.61. The molecular weight excluding hydrogens is 326 g/mol. The summed E-state index contributed by atoms with van der Waals surface area (Å²) in [5.74, 6) is 1.42. The summed E-state index contributed by atoms with van der Waals surface area (Å²) in [6, 6.07) is 13.7. The van der Waals surface area contributed by atoms with Crippen molar-refractivity contribution in [3.8, 4) is 11.5 Å². The van der Waals surface area contributed by atoms with E-state index in [4.69, 9.17) is 9.47 Å². The van der Waals surface area contributed by atoms with Gasteiger partial charge in [-0.3, -0.25) is 4.79 Å². The van der Waals surface area contributed by atoms with Gasteiger partial charge in [-0.15, -0.1) is 0 Å². The summed E-state index contributed by atoms with van der Waals surface area (Å²) in [4.78, 5) is 12.7. The van der Waals surface area contributed by atoms with Crippen molar-refractivity contribution in [3.05, 3.63) is 59.2 Å². The van der Waals surface area contributed by atoms with E-state index in [2.05, 4.69) is 11.4 Å². The van der Waals surface area contributed by atoms with Gasteiger partial charge in [-0.2, -0.15) is 0 Å². The molecule has 0 spiro atoms. The molecule has 138 valence electrons. The van der Waals surface area contributed by atoms with E-state index in [1.807, 2.05) is 64.1 Å². The van der Waals surface area contributed by atoms with Crippen molar-refractivity contribution in [1.29, 1.82) is 0 Å². The second kappa shape index (κ2) is 7.02. The lowest BCUT2D eigenvalue weighted by atomic mass is 9.89. The van der Waals surface area contributed by atoms with Crippen LogP contribution in [-0.2, 0) is 4.79 Å². The maximum absolute atomic E-state index is 12.7. The average molecular weight is 353 g/mol. The van der Waals surface area contributed by atoms with E-state index in [9.17, 15) is 4.79 Å². The first-order chi connectivity index (χ1) is 12.2. The molecule has 0 radical (unpaired) electrons. The topological polar surface area (TPSA) is 47.6 Å². The zero-order valence-electron chi connectivity index (χ0n) is 16.1. The molecule has 0 aromatic heterocycles. The zero-order valence-corrected chi connectivity index (χ0v) is 16.1. The zero-order chi connectivity index (χ0) is 18.9. The molecule has 1 N–H and O–H groups in total. The number of benzene rings is 2. The number of hydrogen-bond donors (Lipinski definition) is 1. The van der Waals surface area contributed by atoms with E-state index >= 15 is 0 Å². The summed E-state index contributed by atoms with van der Waals surface area (Å²) in [5.41, 5.74) is 2.95. The van der Waals surface area contributed by atoms with Gasteiger partial charge in [-0.1, -0.05) is 29.8 Å². The third-order valence-electron chi connectivity index (χ3n) is 4.61. The standard InChI is InChI=1S/C22H27NO3/c1-14-7-6-8-17(11-14)25-16(3)21(24)23-19-13-22(4,5)26-20-10-9-15(2)12-18(19)20/h6-12,16,19H,13H2,1-5H3,(H,23,24)/t16-,19-/m0/s1. The minimum Gasteiger partial charge on any atom is -0.487 e. The van der Waals surface area contributed by atoms with E-state index in [1.165, 1.54) is 0 Å². The molecule has 3 rings (SSSR count). The molecule has 0 aliphatic carbocycles. The summed E-state index contributed by atoms with van der Waals surface area (Å²) in [5, 5.41) is 3.15. The van der Waals surface area contributed by atoms with Crippen LogP contribution in [0.25, 0.3) is 0 Å². The number of fused-ring (bicyclic) bond motifs is 1. The van der Waals surface area contributed by atoms with Crippen molar-refractivity contribution < 1.29 is 14.3 Å². The van der Waals surface area contributed by atoms with E-state index < -0.39 is 6.10 Å². The van der Waals surface area contributed by atoms with E-state index in [0.717, 1.165) is 22.4 Å². The number of hydrogen-bond acceptors (Lipinski definition) is 3. The Balaban J connectivity index is 1.75. The van der Waals surface area contributed by atoms with Gasteiger partial charge in [0.25, 0.3) is 5.91 Å². The van der Waals surface area contributed by atoms with Crippen LogP contribution in [0.1, 0.15) is 49.9 Å². The van der Waals surface area contributed by atoms with Gasteiger partial charge >= 0.3 is 0 Å². The smallest absolute Gasteiger partial charge is 0.261 e. The van der Waals surface area contributed by atoms with Gasteiger partial charge in [0.15, 0.2) is 6.10 Å². The lowest BCUT2D eigenvalue weighted by Gasteiger charge is -2.38. The minimum absolute atomic E-state index is 0.0929. The summed E-state index contributed by atoms with van der Waals surface area (Å²) in [6.45, 7) is 9.91. The predicted octanol–water partition coefficient (Wildman–Crippen LogP) is 4.49. The Morgan fingerprint density at radius 3 is 2.65 bits per heavy atom. The molecule has 0 bridgehead atoms. The molecule has 1 aliphatic heterocycles. The van der Waals surface area contributed by atoms with Crippen LogP contribution in [0.2, 0.25) is 0 Å². The molecule has 2 aromatic carbocycles. The molecule has 1 heterocycles.